The van der Waals surface area contributed by atoms with E-state index in [0.29, 0.717) is 25.1 Å². The highest BCUT2D eigenvalue weighted by molar-refractivity contribution is 8.02. The average Bonchev–Trinajstić information content (AvgIpc) is 3.36. The molecule has 3 fully saturated rings. The zero-order valence-corrected chi connectivity index (χ0v) is 24.6. The molecule has 4 rings (SSSR count). The molecule has 0 radical (unpaired) electrons. The zero-order chi connectivity index (χ0) is 27.9. The van der Waals surface area contributed by atoms with Crippen molar-refractivity contribution in [2.24, 2.45) is 17.3 Å². The summed E-state index contributed by atoms with van der Waals surface area (Å²) in [7, 11) is 0. The molecule has 7 nitrogen and oxygen atoms in total. The Balaban J connectivity index is 1.66. The maximum Gasteiger partial charge on any atom is 0.244 e. The van der Waals surface area contributed by atoms with Crippen molar-refractivity contribution in [2.45, 2.75) is 101 Å². The number of para-hydroxylation sites is 1. The van der Waals surface area contributed by atoms with Crippen LogP contribution < -0.4 is 10.6 Å². The lowest BCUT2D eigenvalue weighted by Crippen LogP contribution is -2.58. The quantitative estimate of drug-likeness (QED) is 0.375. The van der Waals surface area contributed by atoms with Crippen molar-refractivity contribution >= 4 is 35.2 Å². The van der Waals surface area contributed by atoms with Gasteiger partial charge in [-0.3, -0.25) is 14.4 Å². The number of nitrogens with zero attached hydrogens (tertiary/aromatic N) is 1. The third-order valence-electron chi connectivity index (χ3n) is 8.34. The van der Waals surface area contributed by atoms with E-state index in [0.717, 1.165) is 25.7 Å². The summed E-state index contributed by atoms with van der Waals surface area (Å²) in [6.07, 6.45) is 4.50. The highest BCUT2D eigenvalue weighted by Crippen LogP contribution is 2.71. The van der Waals surface area contributed by atoms with E-state index in [1.54, 1.807) is 16.7 Å². The fourth-order valence-corrected chi connectivity index (χ4v) is 9.81. The maximum atomic E-state index is 14.2. The Kier molecular flexibility index (Phi) is 7.99. The summed E-state index contributed by atoms with van der Waals surface area (Å²) in [6.45, 7) is 13.2. The lowest BCUT2D eigenvalue weighted by Gasteiger charge is -2.38. The first-order chi connectivity index (χ1) is 17.7. The molecule has 3 amide bonds. The Morgan fingerprint density at radius 2 is 1.74 bits per heavy atom. The standard InChI is InChI=1S/C30H45N3O4S/c1-27(2,3)19-28(4,5)32-25(36)23-30-16-15-29(6,38-30)21(24(35)31-20-13-9-7-10-14-20)22(30)26(37)33(23)17-11-8-12-18-34/h7,9-10,13-14,21-23,34H,8,11-12,15-19H2,1-6H3,(H,31,35)(H,32,36)/t21-,22-,23?,29+,30?/m0/s1. The van der Waals surface area contributed by atoms with Crippen molar-refractivity contribution < 1.29 is 19.5 Å². The molecule has 38 heavy (non-hydrogen) atoms. The number of thioether (sulfide) groups is 1. The molecule has 2 bridgehead atoms. The van der Waals surface area contributed by atoms with Gasteiger partial charge in [0.15, 0.2) is 0 Å². The average molecular weight is 544 g/mol. The smallest absolute Gasteiger partial charge is 0.244 e. The molecule has 3 saturated heterocycles. The van der Waals surface area contributed by atoms with Crippen molar-refractivity contribution in [2.75, 3.05) is 18.5 Å². The monoisotopic (exact) mass is 543 g/mol. The van der Waals surface area contributed by atoms with Crippen LogP contribution in [-0.2, 0) is 14.4 Å². The van der Waals surface area contributed by atoms with Crippen LogP contribution in [0.4, 0.5) is 5.69 Å². The molecule has 0 aromatic heterocycles. The predicted octanol–water partition coefficient (Wildman–Crippen LogP) is 4.60. The van der Waals surface area contributed by atoms with E-state index in [9.17, 15) is 19.5 Å². The van der Waals surface area contributed by atoms with E-state index in [1.165, 1.54) is 0 Å². The topological polar surface area (TPSA) is 98.7 Å². The Morgan fingerprint density at radius 1 is 1.05 bits per heavy atom. The van der Waals surface area contributed by atoms with Gasteiger partial charge in [-0.15, -0.1) is 11.8 Å². The van der Waals surface area contributed by atoms with E-state index in [2.05, 4.69) is 38.3 Å². The zero-order valence-electron chi connectivity index (χ0n) is 23.8. The molecule has 5 atom stereocenters. The molecule has 2 unspecified atom stereocenters. The normalized spacial score (nSPS) is 30.4. The molecule has 1 spiro atoms. The van der Waals surface area contributed by atoms with Gasteiger partial charge in [0, 0.05) is 29.1 Å². The number of nitrogens with one attached hydrogen (secondary N) is 2. The van der Waals surface area contributed by atoms with Crippen LogP contribution in [0.1, 0.15) is 80.1 Å². The fourth-order valence-electron chi connectivity index (χ4n) is 7.45. The van der Waals surface area contributed by atoms with E-state index < -0.39 is 32.9 Å². The van der Waals surface area contributed by atoms with Gasteiger partial charge in [0.05, 0.1) is 16.6 Å². The van der Waals surface area contributed by atoms with Gasteiger partial charge in [-0.25, -0.2) is 0 Å². The van der Waals surface area contributed by atoms with Gasteiger partial charge in [0.1, 0.15) is 6.04 Å². The second kappa shape index (κ2) is 10.5. The molecule has 1 aromatic rings. The third-order valence-corrected chi connectivity index (χ3v) is 10.3. The van der Waals surface area contributed by atoms with Crippen LogP contribution in [0.3, 0.4) is 0 Å². The van der Waals surface area contributed by atoms with Gasteiger partial charge in [-0.1, -0.05) is 39.0 Å². The molecular formula is C30H45N3O4S. The fraction of sp³-hybridized carbons (Fsp3) is 0.700. The molecule has 210 valence electrons. The number of fused-ring (bicyclic) bond motifs is 1. The van der Waals surface area contributed by atoms with Crippen LogP contribution in [0.25, 0.3) is 0 Å². The number of hydrogen-bond acceptors (Lipinski definition) is 5. The minimum atomic E-state index is -0.622. The SMILES string of the molecule is CC(C)(C)CC(C)(C)NC(=O)C1N(CCCCCO)C(=O)[C@@H]2[C@@H](C(=O)Nc3ccccc3)[C@@]3(C)CCC12S3. The number of likely N-dealkylation sites (tertiary alicyclic amines) is 1. The second-order valence-electron chi connectivity index (χ2n) is 13.5. The van der Waals surface area contributed by atoms with Gasteiger partial charge < -0.3 is 20.6 Å². The summed E-state index contributed by atoms with van der Waals surface area (Å²) in [5.74, 6) is -1.37. The number of anilines is 1. The lowest BCUT2D eigenvalue weighted by molar-refractivity contribution is -0.140. The van der Waals surface area contributed by atoms with Crippen LogP contribution in [0.5, 0.6) is 0 Å². The summed E-state index contributed by atoms with van der Waals surface area (Å²) in [6, 6.07) is 8.75. The Hall–Kier alpha value is -2.06. The second-order valence-corrected chi connectivity index (χ2v) is 15.4. The van der Waals surface area contributed by atoms with E-state index in [-0.39, 0.29) is 29.7 Å². The largest absolute Gasteiger partial charge is 0.396 e. The highest BCUT2D eigenvalue weighted by Gasteiger charge is 2.77. The Labute approximate surface area is 231 Å². The molecular weight excluding hydrogens is 498 g/mol. The number of benzene rings is 1. The van der Waals surface area contributed by atoms with Crippen molar-refractivity contribution in [3.8, 4) is 0 Å². The van der Waals surface area contributed by atoms with E-state index in [4.69, 9.17) is 0 Å². The van der Waals surface area contributed by atoms with Crippen LogP contribution in [0.15, 0.2) is 30.3 Å². The number of hydrogen-bond donors (Lipinski definition) is 3. The molecule has 3 aliphatic heterocycles. The molecule has 0 aliphatic carbocycles. The summed E-state index contributed by atoms with van der Waals surface area (Å²) in [4.78, 5) is 43.8. The third kappa shape index (κ3) is 5.48. The minimum Gasteiger partial charge on any atom is -0.396 e. The van der Waals surface area contributed by atoms with Gasteiger partial charge in [-0.05, 0) is 76.8 Å². The van der Waals surface area contributed by atoms with Crippen molar-refractivity contribution in [1.82, 2.24) is 10.2 Å². The Bertz CT molecular complexity index is 1060. The number of rotatable bonds is 10. The summed E-state index contributed by atoms with van der Waals surface area (Å²) < 4.78 is -1.02. The molecule has 3 heterocycles. The van der Waals surface area contributed by atoms with Crippen molar-refractivity contribution in [1.29, 1.82) is 0 Å². The predicted molar refractivity (Wildman–Crippen MR) is 153 cm³/mol. The molecule has 0 saturated carbocycles. The first kappa shape index (κ1) is 28.9. The molecule has 3 N–H and O–H groups in total. The number of amides is 3. The van der Waals surface area contributed by atoms with Gasteiger partial charge >= 0.3 is 0 Å². The molecule has 1 aromatic carbocycles. The summed E-state index contributed by atoms with van der Waals surface area (Å²) in [5, 5.41) is 15.6. The minimum absolute atomic E-state index is 0.0295. The lowest BCUT2D eigenvalue weighted by atomic mass is 9.66. The van der Waals surface area contributed by atoms with Gasteiger partial charge in [-0.2, -0.15) is 0 Å². The number of carbonyl (C=O) groups excluding carboxylic acids is 3. The van der Waals surface area contributed by atoms with Crippen LogP contribution in [0.2, 0.25) is 0 Å². The van der Waals surface area contributed by atoms with Crippen LogP contribution in [-0.4, -0.2) is 62.0 Å². The highest BCUT2D eigenvalue weighted by atomic mass is 32.2. The maximum absolute atomic E-state index is 14.2. The van der Waals surface area contributed by atoms with E-state index in [1.807, 2.05) is 44.2 Å². The first-order valence-corrected chi connectivity index (χ1v) is 14.8. The van der Waals surface area contributed by atoms with Crippen LogP contribution in [0, 0.1) is 17.3 Å². The first-order valence-electron chi connectivity index (χ1n) is 14.0. The molecule has 3 aliphatic rings. The number of unbranched alkanes of at least 4 members (excludes halogenated alkanes) is 2. The summed E-state index contributed by atoms with van der Waals surface area (Å²) in [5.41, 5.74) is 0.305. The molecule has 8 heteroatoms. The van der Waals surface area contributed by atoms with E-state index >= 15 is 0 Å². The Morgan fingerprint density at radius 3 is 2.37 bits per heavy atom. The number of aliphatic hydroxyl groups excluding tert-OH is 1. The summed E-state index contributed by atoms with van der Waals surface area (Å²) >= 11 is 1.70. The van der Waals surface area contributed by atoms with Crippen molar-refractivity contribution in [3.63, 3.8) is 0 Å². The number of carbonyl (C=O) groups is 3. The van der Waals surface area contributed by atoms with Gasteiger partial charge in [0.2, 0.25) is 17.7 Å². The van der Waals surface area contributed by atoms with Gasteiger partial charge in [0.25, 0.3) is 0 Å². The number of aliphatic hydroxyl groups is 1. The van der Waals surface area contributed by atoms with Crippen LogP contribution >= 0.6 is 11.8 Å². The van der Waals surface area contributed by atoms with Crippen molar-refractivity contribution in [3.05, 3.63) is 30.3 Å².